The van der Waals surface area contributed by atoms with Gasteiger partial charge in [0, 0.05) is 36.1 Å². The topological polar surface area (TPSA) is 120 Å². The summed E-state index contributed by atoms with van der Waals surface area (Å²) in [6.07, 6.45) is 1.75. The second-order valence-electron chi connectivity index (χ2n) is 8.34. The van der Waals surface area contributed by atoms with Crippen LogP contribution in [0.2, 0.25) is 0 Å². The highest BCUT2D eigenvalue weighted by molar-refractivity contribution is 6.07. The number of aliphatic hydroxyl groups is 1. The van der Waals surface area contributed by atoms with Crippen LogP contribution in [0.5, 0.6) is 0 Å². The van der Waals surface area contributed by atoms with Crippen molar-refractivity contribution in [2.24, 2.45) is 5.73 Å². The molecule has 3 aromatic rings. The van der Waals surface area contributed by atoms with Crippen LogP contribution in [0.4, 0.5) is 0 Å². The summed E-state index contributed by atoms with van der Waals surface area (Å²) in [5, 5.41) is 20.2. The average molecular weight is 421 g/mol. The SMILES string of the molecule is C[C@](O)(C(=O)O)c1cc2c(C(=O)N3CCC(c4cccc(CN)c4)CC3)cccc2[nH]1. The lowest BCUT2D eigenvalue weighted by Gasteiger charge is -2.32. The number of carbonyl (C=O) groups is 2. The number of aromatic nitrogens is 1. The van der Waals surface area contributed by atoms with Crippen LogP contribution in [0.15, 0.2) is 48.5 Å². The molecule has 7 heteroatoms. The summed E-state index contributed by atoms with van der Waals surface area (Å²) in [6, 6.07) is 15.2. The van der Waals surface area contributed by atoms with E-state index in [9.17, 15) is 19.8 Å². The van der Waals surface area contributed by atoms with Gasteiger partial charge in [0.15, 0.2) is 5.60 Å². The molecule has 0 bridgehead atoms. The average Bonchev–Trinajstić information content (AvgIpc) is 3.24. The summed E-state index contributed by atoms with van der Waals surface area (Å²) in [6.45, 7) is 3.03. The van der Waals surface area contributed by atoms with Crippen LogP contribution in [0, 0.1) is 0 Å². The molecule has 1 saturated heterocycles. The number of carboxylic acids is 1. The largest absolute Gasteiger partial charge is 0.479 e. The lowest BCUT2D eigenvalue weighted by atomic mass is 9.88. The first kappa shape index (κ1) is 21.1. The Morgan fingerprint density at radius 1 is 1.16 bits per heavy atom. The Morgan fingerprint density at radius 3 is 2.55 bits per heavy atom. The van der Waals surface area contributed by atoms with Crippen LogP contribution in [-0.4, -0.2) is 45.1 Å². The zero-order valence-electron chi connectivity index (χ0n) is 17.5. The molecule has 2 heterocycles. The Bertz CT molecular complexity index is 1130. The van der Waals surface area contributed by atoms with E-state index < -0.39 is 11.6 Å². The number of likely N-dealkylation sites (tertiary alicyclic amines) is 1. The third-order valence-corrected chi connectivity index (χ3v) is 6.28. The predicted molar refractivity (Wildman–Crippen MR) is 118 cm³/mol. The molecular formula is C24H27N3O4. The number of nitrogens with zero attached hydrogens (tertiary/aromatic N) is 1. The van der Waals surface area contributed by atoms with E-state index in [0.717, 1.165) is 18.4 Å². The van der Waals surface area contributed by atoms with E-state index in [1.807, 2.05) is 17.0 Å². The highest BCUT2D eigenvalue weighted by Crippen LogP contribution is 2.31. The van der Waals surface area contributed by atoms with Gasteiger partial charge in [-0.15, -0.1) is 0 Å². The molecule has 1 fully saturated rings. The maximum Gasteiger partial charge on any atom is 0.341 e. The zero-order valence-corrected chi connectivity index (χ0v) is 17.5. The van der Waals surface area contributed by atoms with Crippen molar-refractivity contribution in [1.82, 2.24) is 9.88 Å². The number of carboxylic acid groups (broad SMARTS) is 1. The minimum Gasteiger partial charge on any atom is -0.479 e. The second kappa shape index (κ2) is 8.17. The monoisotopic (exact) mass is 421 g/mol. The third kappa shape index (κ3) is 3.94. The van der Waals surface area contributed by atoms with Gasteiger partial charge in [0.05, 0.1) is 5.69 Å². The molecule has 0 aliphatic carbocycles. The van der Waals surface area contributed by atoms with E-state index in [4.69, 9.17) is 5.73 Å². The van der Waals surface area contributed by atoms with Gasteiger partial charge in [0.2, 0.25) is 0 Å². The maximum atomic E-state index is 13.3. The molecule has 1 aliphatic rings. The number of hydrogen-bond donors (Lipinski definition) is 4. The van der Waals surface area contributed by atoms with E-state index in [0.29, 0.717) is 42.0 Å². The number of nitrogens with one attached hydrogen (secondary N) is 1. The number of hydrogen-bond acceptors (Lipinski definition) is 4. The van der Waals surface area contributed by atoms with E-state index in [1.165, 1.54) is 12.5 Å². The lowest BCUT2D eigenvalue weighted by Crippen LogP contribution is -2.38. The molecular weight excluding hydrogens is 394 g/mol. The summed E-state index contributed by atoms with van der Waals surface area (Å²) >= 11 is 0. The van der Waals surface area contributed by atoms with Gasteiger partial charge in [-0.2, -0.15) is 0 Å². The van der Waals surface area contributed by atoms with Gasteiger partial charge < -0.3 is 25.8 Å². The third-order valence-electron chi connectivity index (χ3n) is 6.28. The highest BCUT2D eigenvalue weighted by atomic mass is 16.4. The highest BCUT2D eigenvalue weighted by Gasteiger charge is 2.34. The van der Waals surface area contributed by atoms with Crippen LogP contribution < -0.4 is 5.73 Å². The molecule has 0 unspecified atom stereocenters. The maximum absolute atomic E-state index is 13.3. The van der Waals surface area contributed by atoms with Crippen molar-refractivity contribution < 1.29 is 19.8 Å². The number of carbonyl (C=O) groups excluding carboxylic acids is 1. The number of aromatic amines is 1. The molecule has 7 nitrogen and oxygen atoms in total. The van der Waals surface area contributed by atoms with Crippen LogP contribution in [-0.2, 0) is 16.9 Å². The molecule has 1 atom stereocenters. The smallest absolute Gasteiger partial charge is 0.341 e. The fraction of sp³-hybridized carbons (Fsp3) is 0.333. The number of piperidine rings is 1. The van der Waals surface area contributed by atoms with E-state index >= 15 is 0 Å². The predicted octanol–water partition coefficient (Wildman–Crippen LogP) is 2.94. The van der Waals surface area contributed by atoms with Crippen molar-refractivity contribution in [3.05, 3.63) is 70.9 Å². The lowest BCUT2D eigenvalue weighted by molar-refractivity contribution is -0.157. The summed E-state index contributed by atoms with van der Waals surface area (Å²) in [7, 11) is 0. The zero-order chi connectivity index (χ0) is 22.2. The number of amides is 1. The van der Waals surface area contributed by atoms with E-state index in [2.05, 4.69) is 17.1 Å². The molecule has 1 amide bonds. The van der Waals surface area contributed by atoms with Gasteiger partial charge in [0.25, 0.3) is 5.91 Å². The molecule has 31 heavy (non-hydrogen) atoms. The molecule has 162 valence electrons. The van der Waals surface area contributed by atoms with Crippen LogP contribution in [0.25, 0.3) is 10.9 Å². The molecule has 5 N–H and O–H groups in total. The van der Waals surface area contributed by atoms with Gasteiger partial charge >= 0.3 is 5.97 Å². The number of benzene rings is 2. The number of H-pyrrole nitrogens is 1. The number of aliphatic carboxylic acids is 1. The molecule has 2 aromatic carbocycles. The standard InChI is InChI=1S/C24H27N3O4/c1-24(31,23(29)30)21-13-19-18(6-3-7-20(19)26-21)22(28)27-10-8-16(9-11-27)17-5-2-4-15(12-17)14-25/h2-7,12-13,16,26,31H,8-11,14,25H2,1H3,(H,29,30)/t24-/m1/s1. The summed E-state index contributed by atoms with van der Waals surface area (Å²) < 4.78 is 0. The number of fused-ring (bicyclic) bond motifs is 1. The van der Waals surface area contributed by atoms with E-state index in [1.54, 1.807) is 24.3 Å². The van der Waals surface area contributed by atoms with Crippen molar-refractivity contribution in [2.75, 3.05) is 13.1 Å². The molecule has 0 spiro atoms. The van der Waals surface area contributed by atoms with Crippen LogP contribution in [0.1, 0.15) is 52.9 Å². The summed E-state index contributed by atoms with van der Waals surface area (Å²) in [5.41, 5.74) is 7.36. The van der Waals surface area contributed by atoms with Crippen molar-refractivity contribution in [1.29, 1.82) is 0 Å². The first-order chi connectivity index (χ1) is 14.8. The van der Waals surface area contributed by atoms with Crippen molar-refractivity contribution in [3.63, 3.8) is 0 Å². The summed E-state index contributed by atoms with van der Waals surface area (Å²) in [5.74, 6) is -1.04. The van der Waals surface area contributed by atoms with Crippen molar-refractivity contribution in [2.45, 2.75) is 37.8 Å². The second-order valence-corrected chi connectivity index (χ2v) is 8.34. The Kier molecular flexibility index (Phi) is 5.56. The Hall–Kier alpha value is -3.16. The molecule has 0 saturated carbocycles. The van der Waals surface area contributed by atoms with Gasteiger partial charge in [0.1, 0.15) is 0 Å². The van der Waals surface area contributed by atoms with E-state index in [-0.39, 0.29) is 11.6 Å². The molecule has 4 rings (SSSR count). The Morgan fingerprint density at radius 2 is 1.87 bits per heavy atom. The minimum atomic E-state index is -2.06. The first-order valence-electron chi connectivity index (χ1n) is 10.5. The number of nitrogens with two attached hydrogens (primary N) is 1. The summed E-state index contributed by atoms with van der Waals surface area (Å²) in [4.78, 5) is 29.5. The Balaban J connectivity index is 1.54. The van der Waals surface area contributed by atoms with Gasteiger partial charge in [-0.1, -0.05) is 30.3 Å². The molecule has 1 aromatic heterocycles. The van der Waals surface area contributed by atoms with Gasteiger partial charge in [-0.25, -0.2) is 4.79 Å². The molecule has 1 aliphatic heterocycles. The van der Waals surface area contributed by atoms with Crippen molar-refractivity contribution in [3.8, 4) is 0 Å². The van der Waals surface area contributed by atoms with Crippen LogP contribution >= 0.6 is 0 Å². The Labute approximate surface area is 180 Å². The van der Waals surface area contributed by atoms with Crippen molar-refractivity contribution >= 4 is 22.8 Å². The van der Waals surface area contributed by atoms with Gasteiger partial charge in [-0.3, -0.25) is 4.79 Å². The molecule has 0 radical (unpaired) electrons. The quantitative estimate of drug-likeness (QED) is 0.505. The normalized spacial score (nSPS) is 16.9. The number of rotatable bonds is 5. The van der Waals surface area contributed by atoms with Crippen LogP contribution in [0.3, 0.4) is 0 Å². The fourth-order valence-corrected chi connectivity index (χ4v) is 4.28. The minimum absolute atomic E-state index is 0.0831. The van der Waals surface area contributed by atoms with Gasteiger partial charge in [-0.05, 0) is 55.0 Å². The first-order valence-corrected chi connectivity index (χ1v) is 10.5. The fourth-order valence-electron chi connectivity index (χ4n) is 4.28.